The molecule has 0 spiro atoms. The molecule has 0 unspecified atom stereocenters. The van der Waals surface area contributed by atoms with Crippen molar-refractivity contribution in [3.05, 3.63) is 70.7 Å². The van der Waals surface area contributed by atoms with E-state index in [1.807, 2.05) is 29.6 Å². The first kappa shape index (κ1) is 18.7. The molecule has 4 rings (SSSR count). The van der Waals surface area contributed by atoms with Crippen LogP contribution in [0.3, 0.4) is 0 Å². The average Bonchev–Trinajstić information content (AvgIpc) is 3.16. The van der Waals surface area contributed by atoms with E-state index >= 15 is 0 Å². The van der Waals surface area contributed by atoms with Gasteiger partial charge >= 0.3 is 0 Å². The summed E-state index contributed by atoms with van der Waals surface area (Å²) in [4.78, 5) is 17.2. The largest absolute Gasteiger partial charge is 0.493 e. The second-order valence-corrected chi connectivity index (χ2v) is 8.25. The predicted octanol–water partition coefficient (Wildman–Crippen LogP) is 5.12. The Morgan fingerprint density at radius 3 is 2.79 bits per heavy atom. The Labute approximate surface area is 169 Å². The van der Waals surface area contributed by atoms with E-state index in [0.29, 0.717) is 18.9 Å². The van der Waals surface area contributed by atoms with Crippen LogP contribution in [-0.2, 0) is 11.2 Å². The van der Waals surface area contributed by atoms with Crippen molar-refractivity contribution in [1.82, 2.24) is 10.3 Å². The lowest BCUT2D eigenvalue weighted by Gasteiger charge is -2.26. The molecule has 1 amide bonds. The number of aromatic nitrogens is 1. The number of carbonyl (C=O) groups is 1. The Morgan fingerprint density at radius 1 is 1.21 bits per heavy atom. The maximum Gasteiger partial charge on any atom is 0.226 e. The van der Waals surface area contributed by atoms with Crippen LogP contribution >= 0.6 is 11.3 Å². The van der Waals surface area contributed by atoms with Crippen molar-refractivity contribution in [3.63, 3.8) is 0 Å². The fourth-order valence-corrected chi connectivity index (χ4v) is 4.26. The van der Waals surface area contributed by atoms with Gasteiger partial charge in [-0.15, -0.1) is 11.3 Å². The summed E-state index contributed by atoms with van der Waals surface area (Å²) in [5, 5.41) is 6.07. The molecule has 0 fully saturated rings. The van der Waals surface area contributed by atoms with Gasteiger partial charge in [-0.2, -0.15) is 0 Å². The van der Waals surface area contributed by atoms with E-state index in [1.165, 1.54) is 5.56 Å². The van der Waals surface area contributed by atoms with E-state index in [4.69, 9.17) is 4.74 Å². The Hall–Kier alpha value is -2.66. The van der Waals surface area contributed by atoms with Crippen LogP contribution < -0.4 is 10.1 Å². The third-order valence-corrected chi connectivity index (χ3v) is 5.95. The van der Waals surface area contributed by atoms with Crippen molar-refractivity contribution in [3.8, 4) is 16.3 Å². The third-order valence-electron chi connectivity index (χ3n) is 5.01. The average molecular weight is 393 g/mol. The van der Waals surface area contributed by atoms with Gasteiger partial charge in [0.2, 0.25) is 5.91 Å². The molecule has 4 nitrogen and oxygen atoms in total. The van der Waals surface area contributed by atoms with Crippen molar-refractivity contribution in [2.45, 2.75) is 38.6 Å². The van der Waals surface area contributed by atoms with Crippen LogP contribution in [0.5, 0.6) is 5.75 Å². The zero-order valence-electron chi connectivity index (χ0n) is 16.1. The van der Waals surface area contributed by atoms with E-state index in [9.17, 15) is 4.79 Å². The van der Waals surface area contributed by atoms with Crippen molar-refractivity contribution < 1.29 is 9.53 Å². The highest BCUT2D eigenvalue weighted by molar-refractivity contribution is 7.13. The SMILES string of the molecule is CC(C)c1ccc(-c2nc(CC(=O)N[C@@H]3CCOc4ccccc43)cs2)cc1. The van der Waals surface area contributed by atoms with Crippen LogP contribution in [0.15, 0.2) is 53.9 Å². The molecule has 0 bridgehead atoms. The van der Waals surface area contributed by atoms with Gasteiger partial charge in [0.1, 0.15) is 10.8 Å². The molecule has 1 N–H and O–H groups in total. The highest BCUT2D eigenvalue weighted by Crippen LogP contribution is 2.31. The minimum absolute atomic E-state index is 0.000802. The first-order chi connectivity index (χ1) is 13.6. The van der Waals surface area contributed by atoms with Crippen LogP contribution in [-0.4, -0.2) is 17.5 Å². The number of rotatable bonds is 5. The monoisotopic (exact) mass is 392 g/mol. The van der Waals surface area contributed by atoms with Gasteiger partial charge in [0, 0.05) is 22.9 Å². The number of carbonyl (C=O) groups excluding carboxylic acids is 1. The molecule has 3 aromatic rings. The van der Waals surface area contributed by atoms with Gasteiger partial charge in [-0.25, -0.2) is 4.98 Å². The summed E-state index contributed by atoms with van der Waals surface area (Å²) in [7, 11) is 0. The highest BCUT2D eigenvalue weighted by Gasteiger charge is 2.23. The topological polar surface area (TPSA) is 51.2 Å². The first-order valence-electron chi connectivity index (χ1n) is 9.66. The molecule has 5 heteroatoms. The second-order valence-electron chi connectivity index (χ2n) is 7.39. The maximum absolute atomic E-state index is 12.6. The zero-order chi connectivity index (χ0) is 19.5. The Kier molecular flexibility index (Phi) is 5.44. The summed E-state index contributed by atoms with van der Waals surface area (Å²) >= 11 is 1.58. The molecule has 2 heterocycles. The number of amides is 1. The number of nitrogens with one attached hydrogen (secondary N) is 1. The van der Waals surface area contributed by atoms with Crippen molar-refractivity contribution in [1.29, 1.82) is 0 Å². The lowest BCUT2D eigenvalue weighted by atomic mass is 10.0. The number of thiazole rings is 1. The number of nitrogens with zero attached hydrogens (tertiary/aromatic N) is 1. The van der Waals surface area contributed by atoms with Crippen LogP contribution in [0.2, 0.25) is 0 Å². The van der Waals surface area contributed by atoms with Crippen molar-refractivity contribution in [2.75, 3.05) is 6.61 Å². The Balaban J connectivity index is 1.41. The molecular formula is C23H24N2O2S. The molecule has 1 aliphatic rings. The smallest absolute Gasteiger partial charge is 0.226 e. The van der Waals surface area contributed by atoms with Crippen LogP contribution in [0.1, 0.15) is 49.0 Å². The van der Waals surface area contributed by atoms with Crippen molar-refractivity contribution in [2.24, 2.45) is 0 Å². The summed E-state index contributed by atoms with van der Waals surface area (Å²) in [5.41, 5.74) is 4.27. The fourth-order valence-electron chi connectivity index (χ4n) is 3.43. The van der Waals surface area contributed by atoms with Gasteiger partial charge in [0.15, 0.2) is 0 Å². The number of ether oxygens (including phenoxy) is 1. The highest BCUT2D eigenvalue weighted by atomic mass is 32.1. The van der Waals surface area contributed by atoms with Gasteiger partial charge in [0.25, 0.3) is 0 Å². The summed E-state index contributed by atoms with van der Waals surface area (Å²) in [6.45, 7) is 4.99. The molecule has 144 valence electrons. The minimum Gasteiger partial charge on any atom is -0.493 e. The standard InChI is InChI=1S/C23H24N2O2S/c1-15(2)16-7-9-17(10-8-16)23-24-18(14-28-23)13-22(26)25-20-11-12-27-21-6-4-3-5-19(20)21/h3-10,14-15,20H,11-13H2,1-2H3,(H,25,26)/t20-/m1/s1. The molecule has 0 saturated carbocycles. The Morgan fingerprint density at radius 2 is 2.00 bits per heavy atom. The summed E-state index contributed by atoms with van der Waals surface area (Å²) in [6.07, 6.45) is 1.08. The molecule has 0 saturated heterocycles. The fraction of sp³-hybridized carbons (Fsp3) is 0.304. The lowest BCUT2D eigenvalue weighted by Crippen LogP contribution is -2.33. The molecule has 1 aliphatic heterocycles. The number of hydrogen-bond acceptors (Lipinski definition) is 4. The number of para-hydroxylation sites is 1. The summed E-state index contributed by atoms with van der Waals surface area (Å²) < 4.78 is 5.67. The maximum atomic E-state index is 12.6. The van der Waals surface area contributed by atoms with Crippen molar-refractivity contribution >= 4 is 17.2 Å². The van der Waals surface area contributed by atoms with Crippen LogP contribution in [0.4, 0.5) is 0 Å². The molecule has 28 heavy (non-hydrogen) atoms. The summed E-state index contributed by atoms with van der Waals surface area (Å²) in [5.74, 6) is 1.37. The van der Waals surface area contributed by atoms with E-state index in [-0.39, 0.29) is 11.9 Å². The molecular weight excluding hydrogens is 368 g/mol. The van der Waals surface area contributed by atoms with Gasteiger partial charge in [-0.3, -0.25) is 4.79 Å². The van der Waals surface area contributed by atoms with Gasteiger partial charge in [0.05, 0.1) is 24.8 Å². The Bertz CT molecular complexity index is 963. The lowest BCUT2D eigenvalue weighted by molar-refractivity contribution is -0.121. The minimum atomic E-state index is -0.00583. The number of hydrogen-bond donors (Lipinski definition) is 1. The summed E-state index contributed by atoms with van der Waals surface area (Å²) in [6, 6.07) is 16.4. The van der Waals surface area contributed by atoms with Gasteiger partial charge < -0.3 is 10.1 Å². The molecule has 0 radical (unpaired) electrons. The van der Waals surface area contributed by atoms with Crippen LogP contribution in [0.25, 0.3) is 10.6 Å². The number of benzene rings is 2. The van der Waals surface area contributed by atoms with Gasteiger partial charge in [-0.05, 0) is 17.5 Å². The van der Waals surface area contributed by atoms with E-state index in [2.05, 4.69) is 48.4 Å². The van der Waals surface area contributed by atoms with Gasteiger partial charge in [-0.1, -0.05) is 56.3 Å². The predicted molar refractivity (Wildman–Crippen MR) is 113 cm³/mol. The first-order valence-corrected chi connectivity index (χ1v) is 10.5. The molecule has 1 atom stereocenters. The normalized spacial score (nSPS) is 15.8. The molecule has 1 aromatic heterocycles. The molecule has 2 aromatic carbocycles. The molecule has 0 aliphatic carbocycles. The quantitative estimate of drug-likeness (QED) is 0.656. The van der Waals surface area contributed by atoms with E-state index in [1.54, 1.807) is 11.3 Å². The van der Waals surface area contributed by atoms with E-state index < -0.39 is 0 Å². The van der Waals surface area contributed by atoms with E-state index in [0.717, 1.165) is 34.0 Å². The number of fused-ring (bicyclic) bond motifs is 1. The second kappa shape index (κ2) is 8.15. The van der Waals surface area contributed by atoms with Crippen LogP contribution in [0, 0.1) is 0 Å². The zero-order valence-corrected chi connectivity index (χ0v) is 17.0. The third kappa shape index (κ3) is 4.09.